The van der Waals surface area contributed by atoms with Crippen molar-refractivity contribution in [1.29, 1.82) is 0 Å². The maximum atomic E-state index is 11.1. The predicted octanol–water partition coefficient (Wildman–Crippen LogP) is 1.23. The summed E-state index contributed by atoms with van der Waals surface area (Å²) in [5, 5.41) is 2.32. The lowest BCUT2D eigenvalue weighted by molar-refractivity contribution is -0.138. The van der Waals surface area contributed by atoms with E-state index in [9.17, 15) is 9.59 Å². The van der Waals surface area contributed by atoms with Crippen LogP contribution in [0.5, 0.6) is 0 Å². The number of nitrogens with one attached hydrogen (secondary N) is 1. The van der Waals surface area contributed by atoms with Crippen LogP contribution in [0.25, 0.3) is 0 Å². The van der Waals surface area contributed by atoms with Crippen molar-refractivity contribution in [1.82, 2.24) is 5.32 Å². The minimum atomic E-state index is -0.116. The molecule has 2 amide bonds. The second kappa shape index (κ2) is 3.25. The molecular weight excluding hydrogens is 154 g/mol. The third-order valence-electron chi connectivity index (χ3n) is 2.85. The zero-order chi connectivity index (χ0) is 9.19. The lowest BCUT2D eigenvalue weighted by Crippen LogP contribution is -2.44. The zero-order valence-corrected chi connectivity index (χ0v) is 7.64. The van der Waals surface area contributed by atoms with Gasteiger partial charge in [0.1, 0.15) is 0 Å². The van der Waals surface area contributed by atoms with Crippen LogP contribution in [0, 0.1) is 5.41 Å². The predicted molar refractivity (Wildman–Crippen MR) is 45.4 cm³/mol. The Kier molecular flexibility index (Phi) is 2.50. The molecule has 1 heterocycles. The topological polar surface area (TPSA) is 46.2 Å². The lowest BCUT2D eigenvalue weighted by Gasteiger charge is -2.33. The van der Waals surface area contributed by atoms with Gasteiger partial charge in [-0.2, -0.15) is 0 Å². The van der Waals surface area contributed by atoms with Crippen LogP contribution in [0.3, 0.4) is 0 Å². The van der Waals surface area contributed by atoms with Crippen molar-refractivity contribution in [3.63, 3.8) is 0 Å². The molecule has 12 heavy (non-hydrogen) atoms. The minimum Gasteiger partial charge on any atom is -0.296 e. The molecule has 0 atom stereocenters. The van der Waals surface area contributed by atoms with Gasteiger partial charge in [-0.1, -0.05) is 13.8 Å². The van der Waals surface area contributed by atoms with Gasteiger partial charge < -0.3 is 0 Å². The summed E-state index contributed by atoms with van der Waals surface area (Å²) < 4.78 is 0. The number of carbonyl (C=O) groups is 2. The molecule has 1 saturated heterocycles. The maximum absolute atomic E-state index is 11.1. The van der Waals surface area contributed by atoms with Crippen LogP contribution in [0.4, 0.5) is 0 Å². The summed E-state index contributed by atoms with van der Waals surface area (Å²) in [6.45, 7) is 4.07. The summed E-state index contributed by atoms with van der Waals surface area (Å²) in [7, 11) is 0. The molecule has 0 spiro atoms. The second-order valence-electron chi connectivity index (χ2n) is 3.53. The Hall–Kier alpha value is -0.860. The molecule has 1 fully saturated rings. The first-order chi connectivity index (χ1) is 5.62. The van der Waals surface area contributed by atoms with Crippen molar-refractivity contribution in [2.75, 3.05) is 0 Å². The highest BCUT2D eigenvalue weighted by Gasteiger charge is 2.36. The van der Waals surface area contributed by atoms with Gasteiger partial charge in [-0.3, -0.25) is 14.9 Å². The van der Waals surface area contributed by atoms with Gasteiger partial charge in [-0.25, -0.2) is 0 Å². The Labute approximate surface area is 72.5 Å². The molecule has 0 bridgehead atoms. The molecule has 0 saturated carbocycles. The van der Waals surface area contributed by atoms with Crippen LogP contribution >= 0.6 is 0 Å². The molecule has 0 aliphatic carbocycles. The van der Waals surface area contributed by atoms with E-state index >= 15 is 0 Å². The van der Waals surface area contributed by atoms with E-state index in [-0.39, 0.29) is 17.2 Å². The number of amides is 2. The van der Waals surface area contributed by atoms with Crippen molar-refractivity contribution < 1.29 is 9.59 Å². The normalized spacial score (nSPS) is 22.2. The molecule has 68 valence electrons. The quantitative estimate of drug-likeness (QED) is 0.632. The van der Waals surface area contributed by atoms with E-state index in [1.807, 2.05) is 13.8 Å². The van der Waals surface area contributed by atoms with Crippen LogP contribution in [-0.4, -0.2) is 11.8 Å². The molecule has 0 aromatic rings. The summed E-state index contributed by atoms with van der Waals surface area (Å²) in [6, 6.07) is 0. The summed E-state index contributed by atoms with van der Waals surface area (Å²) >= 11 is 0. The smallest absolute Gasteiger partial charge is 0.227 e. The molecule has 3 nitrogen and oxygen atoms in total. The van der Waals surface area contributed by atoms with Gasteiger partial charge in [0.05, 0.1) is 0 Å². The van der Waals surface area contributed by atoms with Crippen molar-refractivity contribution in [2.24, 2.45) is 5.41 Å². The Bertz CT molecular complexity index is 189. The number of imide groups is 1. The average molecular weight is 169 g/mol. The first-order valence-corrected chi connectivity index (χ1v) is 4.44. The molecule has 0 radical (unpaired) electrons. The van der Waals surface area contributed by atoms with Gasteiger partial charge in [0.2, 0.25) is 11.8 Å². The number of rotatable bonds is 2. The zero-order valence-electron chi connectivity index (χ0n) is 7.64. The molecule has 1 aliphatic rings. The molecule has 0 aromatic carbocycles. The van der Waals surface area contributed by atoms with Gasteiger partial charge in [-0.05, 0) is 18.3 Å². The molecular formula is C9H15NO2. The highest BCUT2D eigenvalue weighted by Crippen LogP contribution is 2.36. The molecule has 3 heteroatoms. The highest BCUT2D eigenvalue weighted by atomic mass is 16.2. The van der Waals surface area contributed by atoms with Crippen molar-refractivity contribution >= 4 is 11.8 Å². The van der Waals surface area contributed by atoms with E-state index in [2.05, 4.69) is 5.32 Å². The first kappa shape index (κ1) is 9.23. The van der Waals surface area contributed by atoms with Crippen LogP contribution < -0.4 is 5.32 Å². The third-order valence-corrected chi connectivity index (χ3v) is 2.85. The van der Waals surface area contributed by atoms with Gasteiger partial charge in [-0.15, -0.1) is 0 Å². The van der Waals surface area contributed by atoms with Gasteiger partial charge in [0.25, 0.3) is 0 Å². The summed E-state index contributed by atoms with van der Waals surface area (Å²) in [5.41, 5.74) is -0.0561. The third kappa shape index (κ3) is 1.65. The van der Waals surface area contributed by atoms with Crippen molar-refractivity contribution in [3.05, 3.63) is 0 Å². The fourth-order valence-electron chi connectivity index (χ4n) is 1.74. The van der Waals surface area contributed by atoms with Gasteiger partial charge in [0.15, 0.2) is 0 Å². The van der Waals surface area contributed by atoms with Gasteiger partial charge >= 0.3 is 0 Å². The number of hydrogen-bond acceptors (Lipinski definition) is 2. The number of piperidine rings is 1. The molecule has 0 unspecified atom stereocenters. The van der Waals surface area contributed by atoms with Crippen LogP contribution in [0.1, 0.15) is 39.5 Å². The summed E-state index contributed by atoms with van der Waals surface area (Å²) in [6.07, 6.45) is 2.82. The SMILES string of the molecule is CCC1(CC)CC(=O)NC(=O)C1. The van der Waals surface area contributed by atoms with E-state index in [0.29, 0.717) is 12.8 Å². The Morgan fingerprint density at radius 2 is 1.58 bits per heavy atom. The van der Waals surface area contributed by atoms with E-state index in [4.69, 9.17) is 0 Å². The summed E-state index contributed by atoms with van der Waals surface area (Å²) in [4.78, 5) is 22.1. The second-order valence-corrected chi connectivity index (χ2v) is 3.53. The lowest BCUT2D eigenvalue weighted by atomic mass is 9.74. The van der Waals surface area contributed by atoms with Crippen molar-refractivity contribution in [3.8, 4) is 0 Å². The standard InChI is InChI=1S/C9H15NO2/c1-3-9(4-2)5-7(11)10-8(12)6-9/h3-6H2,1-2H3,(H,10,11,12). The first-order valence-electron chi connectivity index (χ1n) is 4.44. The van der Waals surface area contributed by atoms with E-state index in [1.165, 1.54) is 0 Å². The summed E-state index contributed by atoms with van der Waals surface area (Å²) in [5.74, 6) is -0.232. The molecule has 1 rings (SSSR count). The van der Waals surface area contributed by atoms with Gasteiger partial charge in [0, 0.05) is 12.8 Å². The Morgan fingerprint density at radius 1 is 1.17 bits per heavy atom. The average Bonchev–Trinajstić information content (AvgIpc) is 2.02. The molecule has 1 aliphatic heterocycles. The highest BCUT2D eigenvalue weighted by molar-refractivity contribution is 5.98. The van der Waals surface area contributed by atoms with E-state index in [1.54, 1.807) is 0 Å². The number of hydrogen-bond donors (Lipinski definition) is 1. The number of carbonyl (C=O) groups excluding carboxylic acids is 2. The van der Waals surface area contributed by atoms with Crippen LogP contribution in [0.2, 0.25) is 0 Å². The largest absolute Gasteiger partial charge is 0.296 e. The minimum absolute atomic E-state index is 0.0561. The van der Waals surface area contributed by atoms with E-state index in [0.717, 1.165) is 12.8 Å². The fraction of sp³-hybridized carbons (Fsp3) is 0.778. The van der Waals surface area contributed by atoms with Crippen LogP contribution in [-0.2, 0) is 9.59 Å². The van der Waals surface area contributed by atoms with E-state index < -0.39 is 0 Å². The fourth-order valence-corrected chi connectivity index (χ4v) is 1.74. The van der Waals surface area contributed by atoms with Crippen LogP contribution in [0.15, 0.2) is 0 Å². The van der Waals surface area contributed by atoms with Crippen molar-refractivity contribution in [2.45, 2.75) is 39.5 Å². The monoisotopic (exact) mass is 169 g/mol. The maximum Gasteiger partial charge on any atom is 0.227 e. The Morgan fingerprint density at radius 3 is 1.92 bits per heavy atom. The molecule has 0 aromatic heterocycles. The Balaban J connectivity index is 2.76. The molecule has 1 N–H and O–H groups in total.